The van der Waals surface area contributed by atoms with E-state index in [2.05, 4.69) is 15.5 Å². The number of amides is 1. The SMILES string of the molecule is CS(=O)(=O)c1cccc(NC(=O)COC(=O)c2cc(-c3ccccc3)n[nH]2)c1. The van der Waals surface area contributed by atoms with Gasteiger partial charge in [0.25, 0.3) is 5.91 Å². The second-order valence-corrected chi connectivity index (χ2v) is 7.97. The summed E-state index contributed by atoms with van der Waals surface area (Å²) in [6.07, 6.45) is 1.07. The van der Waals surface area contributed by atoms with E-state index in [-0.39, 0.29) is 16.3 Å². The van der Waals surface area contributed by atoms with Crippen molar-refractivity contribution in [3.8, 4) is 11.3 Å². The molecule has 0 spiro atoms. The highest BCUT2D eigenvalue weighted by molar-refractivity contribution is 7.90. The van der Waals surface area contributed by atoms with Crippen molar-refractivity contribution < 1.29 is 22.7 Å². The summed E-state index contributed by atoms with van der Waals surface area (Å²) in [7, 11) is -3.39. The number of nitrogens with zero attached hydrogens (tertiary/aromatic N) is 1. The molecule has 0 saturated carbocycles. The molecule has 0 radical (unpaired) electrons. The van der Waals surface area contributed by atoms with Gasteiger partial charge < -0.3 is 10.1 Å². The van der Waals surface area contributed by atoms with E-state index in [0.717, 1.165) is 11.8 Å². The molecule has 8 nitrogen and oxygen atoms in total. The first-order chi connectivity index (χ1) is 13.3. The molecule has 1 aromatic heterocycles. The van der Waals surface area contributed by atoms with Crippen LogP contribution in [-0.2, 0) is 19.4 Å². The van der Waals surface area contributed by atoms with Crippen molar-refractivity contribution in [1.29, 1.82) is 0 Å². The number of anilines is 1. The highest BCUT2D eigenvalue weighted by Gasteiger charge is 2.15. The summed E-state index contributed by atoms with van der Waals surface area (Å²) in [5.74, 6) is -1.32. The molecule has 2 aromatic carbocycles. The number of carbonyl (C=O) groups excluding carboxylic acids is 2. The van der Waals surface area contributed by atoms with E-state index in [1.54, 1.807) is 0 Å². The molecular formula is C19H17N3O5S. The first-order valence-electron chi connectivity index (χ1n) is 8.21. The van der Waals surface area contributed by atoms with Gasteiger partial charge in [-0.3, -0.25) is 9.89 Å². The van der Waals surface area contributed by atoms with Gasteiger partial charge in [0.15, 0.2) is 16.4 Å². The van der Waals surface area contributed by atoms with Crippen LogP contribution in [0.15, 0.2) is 65.6 Å². The summed E-state index contributed by atoms with van der Waals surface area (Å²) in [4.78, 5) is 24.1. The molecule has 3 aromatic rings. The van der Waals surface area contributed by atoms with E-state index in [1.165, 1.54) is 30.3 Å². The van der Waals surface area contributed by atoms with Crippen LogP contribution >= 0.6 is 0 Å². The van der Waals surface area contributed by atoms with Crippen molar-refractivity contribution in [3.63, 3.8) is 0 Å². The lowest BCUT2D eigenvalue weighted by Gasteiger charge is -2.07. The van der Waals surface area contributed by atoms with Crippen LogP contribution in [0.3, 0.4) is 0 Å². The van der Waals surface area contributed by atoms with E-state index in [9.17, 15) is 18.0 Å². The second kappa shape index (κ2) is 8.05. The Hall–Kier alpha value is -3.46. The molecule has 9 heteroatoms. The average molecular weight is 399 g/mol. The van der Waals surface area contributed by atoms with Gasteiger partial charge in [-0.1, -0.05) is 36.4 Å². The largest absolute Gasteiger partial charge is 0.451 e. The lowest BCUT2D eigenvalue weighted by molar-refractivity contribution is -0.119. The molecule has 1 amide bonds. The maximum absolute atomic E-state index is 12.1. The minimum atomic E-state index is -3.39. The number of H-pyrrole nitrogens is 1. The van der Waals surface area contributed by atoms with Crippen LogP contribution < -0.4 is 5.32 Å². The van der Waals surface area contributed by atoms with Crippen LogP contribution in [0.1, 0.15) is 10.5 Å². The number of sulfone groups is 1. The molecule has 0 atom stereocenters. The van der Waals surface area contributed by atoms with E-state index in [0.29, 0.717) is 5.69 Å². The monoisotopic (exact) mass is 399 g/mol. The van der Waals surface area contributed by atoms with Crippen molar-refractivity contribution in [2.24, 2.45) is 0 Å². The maximum atomic E-state index is 12.1. The predicted octanol–water partition coefficient (Wildman–Crippen LogP) is 2.28. The summed E-state index contributed by atoms with van der Waals surface area (Å²) in [5, 5.41) is 9.12. The van der Waals surface area contributed by atoms with Gasteiger partial charge in [0.2, 0.25) is 0 Å². The molecule has 0 unspecified atom stereocenters. The van der Waals surface area contributed by atoms with Gasteiger partial charge in [0.1, 0.15) is 5.69 Å². The van der Waals surface area contributed by atoms with Crippen LogP contribution in [0.4, 0.5) is 5.69 Å². The first-order valence-corrected chi connectivity index (χ1v) is 10.1. The van der Waals surface area contributed by atoms with Crippen LogP contribution in [0.2, 0.25) is 0 Å². The quantitative estimate of drug-likeness (QED) is 0.614. The molecule has 1 heterocycles. The summed E-state index contributed by atoms with van der Waals surface area (Å²) in [6, 6.07) is 16.6. The van der Waals surface area contributed by atoms with Crippen molar-refractivity contribution in [1.82, 2.24) is 10.2 Å². The topological polar surface area (TPSA) is 118 Å². The van der Waals surface area contributed by atoms with Crippen molar-refractivity contribution in [3.05, 3.63) is 66.4 Å². The zero-order chi connectivity index (χ0) is 20.1. The average Bonchev–Trinajstić information content (AvgIpc) is 3.17. The van der Waals surface area contributed by atoms with Gasteiger partial charge in [-0.05, 0) is 24.3 Å². The molecule has 0 bridgehead atoms. The number of ether oxygens (including phenoxy) is 1. The number of rotatable bonds is 6. The zero-order valence-corrected chi connectivity index (χ0v) is 15.7. The standard InChI is InChI=1S/C19H17N3O5S/c1-28(25,26)15-9-5-8-14(10-15)20-18(23)12-27-19(24)17-11-16(21-22-17)13-6-3-2-4-7-13/h2-11H,12H2,1H3,(H,20,23)(H,21,22). The van der Waals surface area contributed by atoms with Gasteiger partial charge in [0, 0.05) is 17.5 Å². The third kappa shape index (κ3) is 4.83. The molecule has 28 heavy (non-hydrogen) atoms. The number of carbonyl (C=O) groups is 2. The van der Waals surface area contributed by atoms with Crippen LogP contribution in [0, 0.1) is 0 Å². The van der Waals surface area contributed by atoms with Crippen molar-refractivity contribution in [2.75, 3.05) is 18.2 Å². The van der Waals surface area contributed by atoms with Crippen LogP contribution in [-0.4, -0.2) is 43.4 Å². The molecule has 0 aliphatic rings. The lowest BCUT2D eigenvalue weighted by Crippen LogP contribution is -2.21. The molecular weight excluding hydrogens is 382 g/mol. The smallest absolute Gasteiger partial charge is 0.356 e. The Labute approximate surface area is 161 Å². The Balaban J connectivity index is 1.58. The summed E-state index contributed by atoms with van der Waals surface area (Å²) < 4.78 is 28.1. The normalized spacial score (nSPS) is 11.0. The molecule has 0 aliphatic carbocycles. The summed E-state index contributed by atoms with van der Waals surface area (Å²) in [6.45, 7) is -0.526. The predicted molar refractivity (Wildman–Crippen MR) is 102 cm³/mol. The van der Waals surface area contributed by atoms with E-state index >= 15 is 0 Å². The number of aromatic amines is 1. The van der Waals surface area contributed by atoms with E-state index in [1.807, 2.05) is 30.3 Å². The maximum Gasteiger partial charge on any atom is 0.356 e. The fourth-order valence-electron chi connectivity index (χ4n) is 2.39. The summed E-state index contributed by atoms with van der Waals surface area (Å²) in [5.41, 5.74) is 1.82. The van der Waals surface area contributed by atoms with Crippen molar-refractivity contribution >= 4 is 27.4 Å². The Kier molecular flexibility index (Phi) is 5.55. The lowest BCUT2D eigenvalue weighted by atomic mass is 10.1. The molecule has 0 aliphatic heterocycles. The Morgan fingerprint density at radius 1 is 1.07 bits per heavy atom. The number of hydrogen-bond acceptors (Lipinski definition) is 6. The molecule has 0 fully saturated rings. The molecule has 144 valence electrons. The first kappa shape index (κ1) is 19.3. The fraction of sp³-hybridized carbons (Fsp3) is 0.105. The van der Waals surface area contributed by atoms with Crippen LogP contribution in [0.25, 0.3) is 11.3 Å². The van der Waals surface area contributed by atoms with Gasteiger partial charge in [-0.15, -0.1) is 0 Å². The zero-order valence-electron chi connectivity index (χ0n) is 14.9. The number of esters is 1. The van der Waals surface area contributed by atoms with Gasteiger partial charge in [-0.2, -0.15) is 5.10 Å². The fourth-order valence-corrected chi connectivity index (χ4v) is 3.06. The van der Waals surface area contributed by atoms with Gasteiger partial charge in [-0.25, -0.2) is 13.2 Å². The Morgan fingerprint density at radius 3 is 2.54 bits per heavy atom. The highest BCUT2D eigenvalue weighted by Crippen LogP contribution is 2.17. The minimum Gasteiger partial charge on any atom is -0.451 e. The number of nitrogens with one attached hydrogen (secondary N) is 2. The summed E-state index contributed by atoms with van der Waals surface area (Å²) >= 11 is 0. The third-order valence-corrected chi connectivity index (χ3v) is 4.86. The Morgan fingerprint density at radius 2 is 1.82 bits per heavy atom. The van der Waals surface area contributed by atoms with Crippen molar-refractivity contribution in [2.45, 2.75) is 4.90 Å². The van der Waals surface area contributed by atoms with Gasteiger partial charge >= 0.3 is 5.97 Å². The molecule has 2 N–H and O–H groups in total. The van der Waals surface area contributed by atoms with Gasteiger partial charge in [0.05, 0.1) is 10.6 Å². The minimum absolute atomic E-state index is 0.0770. The molecule has 3 rings (SSSR count). The molecule has 0 saturated heterocycles. The second-order valence-electron chi connectivity index (χ2n) is 5.96. The number of benzene rings is 2. The highest BCUT2D eigenvalue weighted by atomic mass is 32.2. The number of hydrogen-bond donors (Lipinski definition) is 2. The van der Waals surface area contributed by atoms with E-state index < -0.39 is 28.3 Å². The third-order valence-electron chi connectivity index (χ3n) is 3.75. The van der Waals surface area contributed by atoms with Crippen LogP contribution in [0.5, 0.6) is 0 Å². The van der Waals surface area contributed by atoms with E-state index in [4.69, 9.17) is 4.74 Å². The number of aromatic nitrogens is 2. The Bertz CT molecular complexity index is 1110.